The molecule has 1 atom stereocenters. The standard InChI is InChI=1S/C22H25N3O5/c1-4-29-20(27)23-25(21(28)30-5-2)22(15-16-11-7-6-8-12-16)17-13-9-10-14-18(17)24(3)19(22)26/h6-14H,4-5,15H2,1-3H3,(H,23,27)/t22-/m1/s1. The summed E-state index contributed by atoms with van der Waals surface area (Å²) in [7, 11) is 1.64. The molecule has 0 saturated heterocycles. The molecule has 3 amide bonds. The highest BCUT2D eigenvalue weighted by atomic mass is 16.6. The number of hydrogen-bond acceptors (Lipinski definition) is 5. The van der Waals surface area contributed by atoms with E-state index in [1.807, 2.05) is 36.4 Å². The van der Waals surface area contributed by atoms with Crippen LogP contribution >= 0.6 is 0 Å². The SMILES string of the molecule is CCOC(=O)NN(C(=O)OCC)[C@@]1(Cc2ccccc2)C(=O)N(C)c2ccccc21. The molecule has 0 unspecified atom stereocenters. The monoisotopic (exact) mass is 411 g/mol. The summed E-state index contributed by atoms with van der Waals surface area (Å²) in [5.74, 6) is -0.364. The molecule has 0 saturated carbocycles. The van der Waals surface area contributed by atoms with E-state index in [9.17, 15) is 14.4 Å². The first-order valence-corrected chi connectivity index (χ1v) is 9.77. The molecular formula is C22H25N3O5. The molecule has 3 rings (SSSR count). The Bertz CT molecular complexity index is 933. The van der Waals surface area contributed by atoms with Gasteiger partial charge in [0.25, 0.3) is 5.91 Å². The van der Waals surface area contributed by atoms with Crippen LogP contribution in [0.1, 0.15) is 25.0 Å². The summed E-state index contributed by atoms with van der Waals surface area (Å²) in [5, 5.41) is 0.964. The number of carbonyl (C=O) groups is 3. The molecule has 8 heteroatoms. The molecule has 158 valence electrons. The van der Waals surface area contributed by atoms with Crippen molar-refractivity contribution < 1.29 is 23.9 Å². The van der Waals surface area contributed by atoms with Crippen LogP contribution in [0.5, 0.6) is 0 Å². The number of carbonyl (C=O) groups excluding carboxylic acids is 3. The van der Waals surface area contributed by atoms with Gasteiger partial charge in [-0.05, 0) is 25.5 Å². The molecular weight excluding hydrogens is 386 g/mol. The number of hydrazine groups is 1. The maximum Gasteiger partial charge on any atom is 0.430 e. The minimum atomic E-state index is -1.54. The van der Waals surface area contributed by atoms with Gasteiger partial charge >= 0.3 is 12.2 Å². The van der Waals surface area contributed by atoms with Crippen LogP contribution in [-0.2, 0) is 26.2 Å². The first-order valence-electron chi connectivity index (χ1n) is 9.77. The highest BCUT2D eigenvalue weighted by molar-refractivity contribution is 6.09. The van der Waals surface area contributed by atoms with Crippen molar-refractivity contribution in [3.05, 3.63) is 65.7 Å². The molecule has 1 aliphatic heterocycles. The van der Waals surface area contributed by atoms with Gasteiger partial charge in [0.05, 0.1) is 13.2 Å². The fourth-order valence-corrected chi connectivity index (χ4v) is 3.71. The van der Waals surface area contributed by atoms with Crippen molar-refractivity contribution in [3.63, 3.8) is 0 Å². The van der Waals surface area contributed by atoms with E-state index in [0.717, 1.165) is 10.6 Å². The van der Waals surface area contributed by atoms with Gasteiger partial charge in [-0.2, -0.15) is 5.01 Å². The van der Waals surface area contributed by atoms with Crippen molar-refractivity contribution in [1.82, 2.24) is 10.4 Å². The van der Waals surface area contributed by atoms with E-state index in [1.165, 1.54) is 4.90 Å². The van der Waals surface area contributed by atoms with E-state index in [4.69, 9.17) is 9.47 Å². The van der Waals surface area contributed by atoms with Crippen LogP contribution < -0.4 is 10.3 Å². The van der Waals surface area contributed by atoms with E-state index >= 15 is 0 Å². The highest BCUT2D eigenvalue weighted by Crippen LogP contribution is 2.45. The van der Waals surface area contributed by atoms with Gasteiger partial charge in [-0.15, -0.1) is 0 Å². The van der Waals surface area contributed by atoms with Crippen LogP contribution in [-0.4, -0.2) is 43.4 Å². The number of nitrogens with zero attached hydrogens (tertiary/aromatic N) is 2. The summed E-state index contributed by atoms with van der Waals surface area (Å²) in [5.41, 5.74) is 2.97. The molecule has 1 N–H and O–H groups in total. The number of benzene rings is 2. The van der Waals surface area contributed by atoms with Gasteiger partial charge in [0.1, 0.15) is 0 Å². The maximum absolute atomic E-state index is 13.7. The van der Waals surface area contributed by atoms with Crippen LogP contribution in [0.2, 0.25) is 0 Å². The smallest absolute Gasteiger partial charge is 0.430 e. The Morgan fingerprint density at radius 2 is 1.63 bits per heavy atom. The predicted octanol–water partition coefficient (Wildman–Crippen LogP) is 3.22. The summed E-state index contributed by atoms with van der Waals surface area (Å²) in [6.07, 6.45) is -1.56. The van der Waals surface area contributed by atoms with Gasteiger partial charge in [0, 0.05) is 24.7 Å². The molecule has 0 aromatic heterocycles. The lowest BCUT2D eigenvalue weighted by Gasteiger charge is -2.38. The average molecular weight is 411 g/mol. The molecule has 2 aromatic rings. The Morgan fingerprint density at radius 3 is 2.30 bits per heavy atom. The van der Waals surface area contributed by atoms with E-state index in [2.05, 4.69) is 5.43 Å². The zero-order valence-corrected chi connectivity index (χ0v) is 17.3. The number of fused-ring (bicyclic) bond motifs is 1. The molecule has 8 nitrogen and oxygen atoms in total. The number of anilines is 1. The van der Waals surface area contributed by atoms with Crippen molar-refractivity contribution in [2.45, 2.75) is 25.8 Å². The van der Waals surface area contributed by atoms with E-state index < -0.39 is 17.7 Å². The van der Waals surface area contributed by atoms with Crippen molar-refractivity contribution >= 4 is 23.8 Å². The van der Waals surface area contributed by atoms with Crippen molar-refractivity contribution in [3.8, 4) is 0 Å². The van der Waals surface area contributed by atoms with Crippen molar-refractivity contribution in [2.75, 3.05) is 25.2 Å². The molecule has 2 aromatic carbocycles. The third kappa shape index (κ3) is 3.68. The van der Waals surface area contributed by atoms with E-state index in [1.54, 1.807) is 39.1 Å². The van der Waals surface area contributed by atoms with Crippen molar-refractivity contribution in [1.29, 1.82) is 0 Å². The number of nitrogens with one attached hydrogen (secondary N) is 1. The minimum Gasteiger partial charge on any atom is -0.449 e. The summed E-state index contributed by atoms with van der Waals surface area (Å²) in [6, 6.07) is 16.5. The molecule has 0 radical (unpaired) electrons. The minimum absolute atomic E-state index is 0.0763. The largest absolute Gasteiger partial charge is 0.449 e. The lowest BCUT2D eigenvalue weighted by atomic mass is 9.84. The van der Waals surface area contributed by atoms with Gasteiger partial charge in [-0.1, -0.05) is 48.5 Å². The number of amides is 3. The third-order valence-corrected chi connectivity index (χ3v) is 4.98. The second-order valence-corrected chi connectivity index (χ2v) is 6.77. The Labute approximate surface area is 175 Å². The van der Waals surface area contributed by atoms with Gasteiger partial charge in [-0.25, -0.2) is 15.0 Å². The fourth-order valence-electron chi connectivity index (χ4n) is 3.71. The van der Waals surface area contributed by atoms with E-state index in [0.29, 0.717) is 11.3 Å². The van der Waals surface area contributed by atoms with Gasteiger partial charge in [0.2, 0.25) is 0 Å². The molecule has 30 heavy (non-hydrogen) atoms. The summed E-state index contributed by atoms with van der Waals surface area (Å²) >= 11 is 0. The van der Waals surface area contributed by atoms with Crippen LogP contribution in [0, 0.1) is 0 Å². The number of para-hydroxylation sites is 1. The van der Waals surface area contributed by atoms with E-state index in [-0.39, 0.29) is 25.5 Å². The predicted molar refractivity (Wildman–Crippen MR) is 111 cm³/mol. The van der Waals surface area contributed by atoms with Crippen LogP contribution in [0.15, 0.2) is 54.6 Å². The second kappa shape index (κ2) is 8.86. The molecule has 0 aliphatic carbocycles. The van der Waals surface area contributed by atoms with Crippen LogP contribution in [0.4, 0.5) is 15.3 Å². The zero-order valence-electron chi connectivity index (χ0n) is 17.3. The Hall–Kier alpha value is -3.55. The number of rotatable bonds is 5. The molecule has 0 bridgehead atoms. The third-order valence-electron chi connectivity index (χ3n) is 4.98. The Morgan fingerprint density at radius 1 is 1.00 bits per heavy atom. The Kier molecular flexibility index (Phi) is 6.25. The van der Waals surface area contributed by atoms with Gasteiger partial charge in [-0.3, -0.25) is 4.79 Å². The second-order valence-electron chi connectivity index (χ2n) is 6.77. The Balaban J connectivity index is 2.20. The molecule has 0 spiro atoms. The molecule has 1 heterocycles. The molecule has 1 aliphatic rings. The lowest BCUT2D eigenvalue weighted by molar-refractivity contribution is -0.130. The summed E-state index contributed by atoms with van der Waals surface area (Å²) < 4.78 is 10.2. The lowest BCUT2D eigenvalue weighted by Crippen LogP contribution is -2.63. The van der Waals surface area contributed by atoms with Crippen LogP contribution in [0.3, 0.4) is 0 Å². The summed E-state index contributed by atoms with van der Waals surface area (Å²) in [4.78, 5) is 40.4. The quantitative estimate of drug-likeness (QED) is 0.764. The normalized spacial score (nSPS) is 17.3. The average Bonchev–Trinajstić information content (AvgIpc) is 2.96. The highest BCUT2D eigenvalue weighted by Gasteiger charge is 2.57. The van der Waals surface area contributed by atoms with Crippen LogP contribution in [0.25, 0.3) is 0 Å². The number of ether oxygens (including phenoxy) is 2. The summed E-state index contributed by atoms with van der Waals surface area (Å²) in [6.45, 7) is 3.49. The number of hydrogen-bond donors (Lipinski definition) is 1. The number of likely N-dealkylation sites (N-methyl/N-ethyl adjacent to an activating group) is 1. The van der Waals surface area contributed by atoms with Gasteiger partial charge in [0.15, 0.2) is 5.54 Å². The topological polar surface area (TPSA) is 88.2 Å². The zero-order chi connectivity index (χ0) is 21.7. The fraction of sp³-hybridized carbons (Fsp3) is 0.318. The first-order chi connectivity index (χ1) is 14.5. The molecule has 0 fully saturated rings. The van der Waals surface area contributed by atoms with Crippen molar-refractivity contribution in [2.24, 2.45) is 0 Å². The maximum atomic E-state index is 13.7. The first kappa shape index (κ1) is 21.2. The van der Waals surface area contributed by atoms with Gasteiger partial charge < -0.3 is 14.4 Å².